The molecule has 4 nitrogen and oxygen atoms in total. The van der Waals surface area contributed by atoms with Crippen molar-refractivity contribution in [1.29, 1.82) is 0 Å². The average Bonchev–Trinajstić information content (AvgIpc) is 2.77. The van der Waals surface area contributed by atoms with Crippen LogP contribution >= 0.6 is 15.9 Å². The molecular weight excluding hydrogens is 501 g/mol. The van der Waals surface area contributed by atoms with E-state index in [1.807, 2.05) is 0 Å². The number of halogens is 4. The number of rotatable bonds is 10. The topological polar surface area (TPSA) is 44.8 Å². The molecule has 188 valence electrons. The minimum Gasteiger partial charge on any atom is -0.457 e. The first-order valence-corrected chi connectivity index (χ1v) is 12.8. The van der Waals surface area contributed by atoms with Crippen LogP contribution in [0.3, 0.4) is 0 Å². The smallest absolute Gasteiger partial charge is 0.432 e. The Kier molecular flexibility index (Phi) is 11.2. The number of ether oxygens (including phenoxy) is 3. The summed E-state index contributed by atoms with van der Waals surface area (Å²) in [6.07, 6.45) is 0.965. The number of benzene rings is 1. The Balaban J connectivity index is 2.35. The van der Waals surface area contributed by atoms with E-state index < -0.39 is 30.0 Å². The molecule has 0 radical (unpaired) electrons. The summed E-state index contributed by atoms with van der Waals surface area (Å²) in [6.45, 7) is 4.14. The number of methoxy groups -OCH3 is 1. The van der Waals surface area contributed by atoms with E-state index in [-0.39, 0.29) is 16.5 Å². The highest BCUT2D eigenvalue weighted by Crippen LogP contribution is 2.43. The van der Waals surface area contributed by atoms with Crippen LogP contribution < -0.4 is 0 Å². The van der Waals surface area contributed by atoms with Gasteiger partial charge < -0.3 is 14.2 Å². The van der Waals surface area contributed by atoms with Gasteiger partial charge in [0.2, 0.25) is 0 Å². The van der Waals surface area contributed by atoms with E-state index in [4.69, 9.17) is 14.2 Å². The standard InChI is InChI=1S/C25H36BrF3O4/c1-4-6-8-16-21-22(17-12-11-15-20(32-21)19(26)5-2)33-23(30)24(31-3,25(27,28)29)18-13-9-7-10-14-18/h7,9-10,13-14,19-22H,4-6,8,11-12,15-17H2,1-3H3/t19?,20-,21+,22+,24-/m1/s1. The van der Waals surface area contributed by atoms with Crippen molar-refractivity contribution in [3.63, 3.8) is 0 Å². The molecule has 8 heteroatoms. The number of esters is 1. The fourth-order valence-corrected chi connectivity index (χ4v) is 4.77. The van der Waals surface area contributed by atoms with Crippen molar-refractivity contribution in [2.45, 2.75) is 107 Å². The third-order valence-corrected chi connectivity index (χ3v) is 7.55. The van der Waals surface area contributed by atoms with Crippen LogP contribution in [0.15, 0.2) is 30.3 Å². The highest BCUT2D eigenvalue weighted by molar-refractivity contribution is 9.09. The summed E-state index contributed by atoms with van der Waals surface area (Å²) in [5.41, 5.74) is -3.49. The van der Waals surface area contributed by atoms with Crippen LogP contribution in [0, 0.1) is 0 Å². The second-order valence-corrected chi connectivity index (χ2v) is 9.79. The van der Waals surface area contributed by atoms with Crippen molar-refractivity contribution in [2.75, 3.05) is 7.11 Å². The van der Waals surface area contributed by atoms with Crippen LogP contribution in [0.4, 0.5) is 13.2 Å². The van der Waals surface area contributed by atoms with E-state index in [0.717, 1.165) is 52.1 Å². The second-order valence-electron chi connectivity index (χ2n) is 8.61. The SMILES string of the molecule is CCCCC[C@@H]1O[C@@H](C(Br)CC)CCCC[C@@H]1OC(=O)[C@](OC)(c1ccccc1)C(F)(F)F. The number of carbonyl (C=O) groups excluding carboxylic acids is 1. The van der Waals surface area contributed by atoms with Gasteiger partial charge in [-0.2, -0.15) is 13.2 Å². The Labute approximate surface area is 203 Å². The molecule has 1 heterocycles. The predicted octanol–water partition coefficient (Wildman–Crippen LogP) is 7.08. The second kappa shape index (κ2) is 13.1. The summed E-state index contributed by atoms with van der Waals surface area (Å²) < 4.78 is 59.9. The third-order valence-electron chi connectivity index (χ3n) is 6.31. The Morgan fingerprint density at radius 3 is 2.39 bits per heavy atom. The van der Waals surface area contributed by atoms with Gasteiger partial charge in [0.25, 0.3) is 5.60 Å². The molecular formula is C25H36BrF3O4. The van der Waals surface area contributed by atoms with Crippen molar-refractivity contribution < 1.29 is 32.2 Å². The summed E-state index contributed by atoms with van der Waals surface area (Å²) in [6, 6.07) is 6.94. The van der Waals surface area contributed by atoms with Crippen LogP contribution in [-0.4, -0.2) is 42.4 Å². The maximum absolute atomic E-state index is 14.3. The van der Waals surface area contributed by atoms with Crippen molar-refractivity contribution in [2.24, 2.45) is 0 Å². The van der Waals surface area contributed by atoms with Crippen LogP contribution in [0.1, 0.15) is 77.2 Å². The maximum Gasteiger partial charge on any atom is 0.432 e. The molecule has 0 bridgehead atoms. The lowest BCUT2D eigenvalue weighted by Gasteiger charge is -2.38. The summed E-state index contributed by atoms with van der Waals surface area (Å²) in [5.74, 6) is -1.44. The van der Waals surface area contributed by atoms with Gasteiger partial charge in [-0.3, -0.25) is 0 Å². The van der Waals surface area contributed by atoms with E-state index in [9.17, 15) is 18.0 Å². The van der Waals surface area contributed by atoms with Gasteiger partial charge in [-0.15, -0.1) is 0 Å². The molecule has 0 amide bonds. The highest BCUT2D eigenvalue weighted by Gasteiger charge is 2.64. The molecule has 1 saturated heterocycles. The molecule has 33 heavy (non-hydrogen) atoms. The number of hydrogen-bond acceptors (Lipinski definition) is 4. The van der Waals surface area contributed by atoms with E-state index in [0.29, 0.717) is 12.8 Å². The molecule has 0 spiro atoms. The molecule has 0 saturated carbocycles. The van der Waals surface area contributed by atoms with Crippen molar-refractivity contribution in [3.05, 3.63) is 35.9 Å². The molecule has 2 rings (SSSR count). The molecule has 1 aromatic carbocycles. The summed E-state index contributed by atoms with van der Waals surface area (Å²) >= 11 is 3.68. The molecule has 0 N–H and O–H groups in total. The van der Waals surface area contributed by atoms with Crippen molar-refractivity contribution in [3.8, 4) is 0 Å². The Morgan fingerprint density at radius 2 is 1.82 bits per heavy atom. The van der Waals surface area contributed by atoms with Crippen LogP contribution in [0.25, 0.3) is 0 Å². The fraction of sp³-hybridized carbons (Fsp3) is 0.720. The lowest BCUT2D eigenvalue weighted by molar-refractivity contribution is -0.280. The minimum absolute atomic E-state index is 0.0768. The van der Waals surface area contributed by atoms with Crippen LogP contribution in [0.5, 0.6) is 0 Å². The Bertz CT molecular complexity index is 715. The molecule has 1 unspecified atom stereocenters. The van der Waals surface area contributed by atoms with Gasteiger partial charge in [-0.1, -0.05) is 85.8 Å². The van der Waals surface area contributed by atoms with Gasteiger partial charge in [0.15, 0.2) is 0 Å². The van der Waals surface area contributed by atoms with E-state index in [2.05, 4.69) is 29.8 Å². The Morgan fingerprint density at radius 1 is 1.15 bits per heavy atom. The third kappa shape index (κ3) is 6.95. The first-order chi connectivity index (χ1) is 15.7. The molecule has 1 aromatic rings. The van der Waals surface area contributed by atoms with Crippen LogP contribution in [0.2, 0.25) is 0 Å². The average molecular weight is 537 g/mol. The molecule has 1 fully saturated rings. The molecule has 1 aliphatic rings. The zero-order valence-electron chi connectivity index (χ0n) is 19.7. The number of alkyl halides is 4. The first-order valence-electron chi connectivity index (χ1n) is 11.9. The normalized spacial score (nSPS) is 24.9. The van der Waals surface area contributed by atoms with E-state index in [1.54, 1.807) is 6.07 Å². The minimum atomic E-state index is -4.99. The van der Waals surface area contributed by atoms with Crippen molar-refractivity contribution in [1.82, 2.24) is 0 Å². The molecule has 0 aromatic heterocycles. The van der Waals surface area contributed by atoms with Gasteiger partial charge in [0.1, 0.15) is 6.10 Å². The number of unbranched alkanes of at least 4 members (excludes halogenated alkanes) is 2. The van der Waals surface area contributed by atoms with Gasteiger partial charge in [-0.05, 0) is 32.1 Å². The molecule has 5 atom stereocenters. The monoisotopic (exact) mass is 536 g/mol. The predicted molar refractivity (Wildman–Crippen MR) is 125 cm³/mol. The van der Waals surface area contributed by atoms with E-state index in [1.165, 1.54) is 24.3 Å². The lowest BCUT2D eigenvalue weighted by Crippen LogP contribution is -2.53. The molecule has 0 aliphatic carbocycles. The summed E-state index contributed by atoms with van der Waals surface area (Å²) in [4.78, 5) is 13.4. The van der Waals surface area contributed by atoms with Gasteiger partial charge in [0, 0.05) is 17.5 Å². The largest absolute Gasteiger partial charge is 0.457 e. The highest BCUT2D eigenvalue weighted by atomic mass is 79.9. The van der Waals surface area contributed by atoms with Gasteiger partial charge in [-0.25, -0.2) is 4.79 Å². The fourth-order valence-electron chi connectivity index (χ4n) is 4.38. The zero-order chi connectivity index (χ0) is 24.5. The first kappa shape index (κ1) is 28.1. The summed E-state index contributed by atoms with van der Waals surface area (Å²) in [5, 5.41) is 0. The van der Waals surface area contributed by atoms with Crippen molar-refractivity contribution >= 4 is 21.9 Å². The lowest BCUT2D eigenvalue weighted by atomic mass is 9.92. The van der Waals surface area contributed by atoms with Crippen LogP contribution in [-0.2, 0) is 24.6 Å². The number of hydrogen-bond donors (Lipinski definition) is 0. The van der Waals surface area contributed by atoms with Gasteiger partial charge in [0.05, 0.1) is 12.2 Å². The zero-order valence-corrected chi connectivity index (χ0v) is 21.3. The van der Waals surface area contributed by atoms with Gasteiger partial charge >= 0.3 is 12.1 Å². The maximum atomic E-state index is 14.3. The number of carbonyl (C=O) groups is 1. The quantitative estimate of drug-likeness (QED) is 0.182. The Hall–Kier alpha value is -1.12. The van der Waals surface area contributed by atoms with E-state index >= 15 is 0 Å². The molecule has 1 aliphatic heterocycles. The summed E-state index contributed by atoms with van der Waals surface area (Å²) in [7, 11) is 0.891.